The van der Waals surface area contributed by atoms with Gasteiger partial charge in [-0.05, 0) is 113 Å². The molecule has 0 aliphatic carbocycles. The highest BCUT2D eigenvalue weighted by molar-refractivity contribution is 8.02. The first-order valence-electron chi connectivity index (χ1n) is 20.8. The van der Waals surface area contributed by atoms with E-state index in [0.29, 0.717) is 0 Å². The number of aryl methyl sites for hydroxylation is 2. The standard InChI is InChI=1S/C52H44B2O2S4/c1-29-9-19-37-41(21-29)57-45-23-35(55-33-15-11-31(12-16-33)51(3,4)5)25-47-49(45)53(37)39-27-40-44(28-43(39)59-47)60-48-26-36(56-34-17-13-32(14-18-34)52(6,7)8)24-46-50(48)54(40)38-20-10-30(2)22-42(38)58-46/h9-28H,1-8H3. The Morgan fingerprint density at radius 2 is 0.700 bits per heavy atom. The third kappa shape index (κ3) is 6.65. The monoisotopic (exact) mass is 850 g/mol. The molecule has 0 fully saturated rings. The van der Waals surface area contributed by atoms with Crippen molar-refractivity contribution in [3.05, 3.63) is 144 Å². The molecule has 7 aromatic rings. The number of benzene rings is 7. The van der Waals surface area contributed by atoms with Crippen LogP contribution in [-0.4, -0.2) is 13.4 Å². The van der Waals surface area contributed by atoms with E-state index < -0.39 is 0 Å². The van der Waals surface area contributed by atoms with Crippen molar-refractivity contribution in [3.63, 3.8) is 0 Å². The van der Waals surface area contributed by atoms with Crippen molar-refractivity contribution < 1.29 is 9.47 Å². The predicted octanol–water partition coefficient (Wildman–Crippen LogP) is 11.4. The van der Waals surface area contributed by atoms with Crippen LogP contribution < -0.4 is 42.3 Å². The molecule has 60 heavy (non-hydrogen) atoms. The SMILES string of the molecule is Cc1ccc2c(c1)Sc1cc(Oc3ccc(C(C)(C)C)cc3)cc3c1B2c1cc2c(cc1S3)Sc1cc(Oc3ccc(C(C)(C)C)cc3)cc3c1B2c1ccc(C)cc1S3. The Hall–Kier alpha value is -4.33. The van der Waals surface area contributed by atoms with Crippen LogP contribution in [0.25, 0.3) is 0 Å². The van der Waals surface area contributed by atoms with E-state index in [9.17, 15) is 0 Å². The van der Waals surface area contributed by atoms with Crippen molar-refractivity contribution in [2.75, 3.05) is 0 Å². The summed E-state index contributed by atoms with van der Waals surface area (Å²) in [7, 11) is 0. The highest BCUT2D eigenvalue weighted by Gasteiger charge is 2.43. The van der Waals surface area contributed by atoms with Crippen molar-refractivity contribution >= 4 is 93.2 Å². The largest absolute Gasteiger partial charge is 0.457 e. The number of hydrogen-bond donors (Lipinski definition) is 0. The van der Waals surface area contributed by atoms with E-state index >= 15 is 0 Å². The van der Waals surface area contributed by atoms with Crippen LogP contribution in [0.3, 0.4) is 0 Å². The van der Waals surface area contributed by atoms with Crippen LogP contribution in [0.2, 0.25) is 0 Å². The lowest BCUT2D eigenvalue weighted by molar-refractivity contribution is 0.478. The van der Waals surface area contributed by atoms with E-state index in [1.54, 1.807) is 0 Å². The lowest BCUT2D eigenvalue weighted by atomic mass is 9.33. The fourth-order valence-corrected chi connectivity index (χ4v) is 14.3. The van der Waals surface area contributed by atoms with Gasteiger partial charge in [0, 0.05) is 39.2 Å². The lowest BCUT2D eigenvalue weighted by Gasteiger charge is -2.37. The molecule has 0 spiro atoms. The summed E-state index contributed by atoms with van der Waals surface area (Å²) in [4.78, 5) is 10.4. The first-order valence-corrected chi connectivity index (χ1v) is 24.0. The number of hydrogen-bond acceptors (Lipinski definition) is 6. The van der Waals surface area contributed by atoms with E-state index in [-0.39, 0.29) is 24.3 Å². The summed E-state index contributed by atoms with van der Waals surface area (Å²) in [6.45, 7) is 18.2. The minimum absolute atomic E-state index is 0.0882. The second-order valence-electron chi connectivity index (χ2n) is 18.7. The molecule has 7 aromatic carbocycles. The normalized spacial score (nSPS) is 14.3. The van der Waals surface area contributed by atoms with Crippen LogP contribution >= 0.6 is 47.0 Å². The minimum atomic E-state index is 0.0882. The number of fused-ring (bicyclic) bond motifs is 8. The van der Waals surface area contributed by atoms with Gasteiger partial charge in [0.05, 0.1) is 0 Å². The summed E-state index contributed by atoms with van der Waals surface area (Å²) in [5.74, 6) is 3.48. The average molecular weight is 851 g/mol. The maximum absolute atomic E-state index is 6.66. The summed E-state index contributed by atoms with van der Waals surface area (Å²) in [5.41, 5.74) is 13.7. The van der Waals surface area contributed by atoms with E-state index in [1.807, 2.05) is 47.0 Å². The van der Waals surface area contributed by atoms with E-state index in [1.165, 1.54) is 94.2 Å². The Kier molecular flexibility index (Phi) is 9.07. The zero-order valence-corrected chi connectivity index (χ0v) is 38.4. The highest BCUT2D eigenvalue weighted by Crippen LogP contribution is 2.46. The molecular formula is C52H44B2O2S4. The fourth-order valence-electron chi connectivity index (χ4n) is 9.09. The molecule has 294 valence electrons. The molecular weight excluding hydrogens is 806 g/mol. The predicted molar refractivity (Wildman–Crippen MR) is 258 cm³/mol. The Bertz CT molecular complexity index is 2730. The van der Waals surface area contributed by atoms with Crippen molar-refractivity contribution in [2.45, 2.75) is 105 Å². The Morgan fingerprint density at radius 3 is 1.05 bits per heavy atom. The second kappa shape index (κ2) is 14.1. The zero-order valence-electron chi connectivity index (χ0n) is 35.2. The smallest absolute Gasteiger partial charge is 0.247 e. The van der Waals surface area contributed by atoms with Gasteiger partial charge in [0.25, 0.3) is 0 Å². The number of rotatable bonds is 4. The van der Waals surface area contributed by atoms with Gasteiger partial charge >= 0.3 is 0 Å². The maximum Gasteiger partial charge on any atom is 0.247 e. The van der Waals surface area contributed by atoms with Gasteiger partial charge in [0.2, 0.25) is 13.4 Å². The minimum Gasteiger partial charge on any atom is -0.457 e. The quantitative estimate of drug-likeness (QED) is 0.163. The van der Waals surface area contributed by atoms with Gasteiger partial charge in [0.15, 0.2) is 0 Å². The van der Waals surface area contributed by atoms with Gasteiger partial charge < -0.3 is 9.47 Å². The summed E-state index contributed by atoms with van der Waals surface area (Å²) in [6.07, 6.45) is 0. The second-order valence-corrected chi connectivity index (χ2v) is 23.0. The Labute approximate surface area is 372 Å². The van der Waals surface area contributed by atoms with Crippen molar-refractivity contribution in [1.29, 1.82) is 0 Å². The molecule has 4 heterocycles. The zero-order chi connectivity index (χ0) is 41.2. The molecule has 0 saturated heterocycles. The van der Waals surface area contributed by atoms with Gasteiger partial charge in [-0.25, -0.2) is 0 Å². The van der Waals surface area contributed by atoms with Gasteiger partial charge in [-0.1, -0.05) is 176 Å². The molecule has 0 saturated carbocycles. The van der Waals surface area contributed by atoms with Crippen LogP contribution in [0, 0.1) is 13.8 Å². The number of ether oxygens (including phenoxy) is 2. The van der Waals surface area contributed by atoms with Crippen molar-refractivity contribution in [3.8, 4) is 23.0 Å². The van der Waals surface area contributed by atoms with Crippen molar-refractivity contribution in [2.24, 2.45) is 0 Å². The third-order valence-electron chi connectivity index (χ3n) is 12.2. The molecule has 11 rings (SSSR count). The molecule has 4 aliphatic rings. The highest BCUT2D eigenvalue weighted by atomic mass is 32.2. The molecule has 2 nitrogen and oxygen atoms in total. The van der Waals surface area contributed by atoms with E-state index in [4.69, 9.17) is 9.47 Å². The summed E-state index contributed by atoms with van der Waals surface area (Å²) in [6, 6.07) is 45.5. The van der Waals surface area contributed by atoms with Crippen LogP contribution in [-0.2, 0) is 10.8 Å². The molecule has 4 aliphatic heterocycles. The molecule has 0 amide bonds. The summed E-state index contributed by atoms with van der Waals surface area (Å²) in [5, 5.41) is 0. The molecule has 0 aromatic heterocycles. The van der Waals surface area contributed by atoms with E-state index in [0.717, 1.165) is 23.0 Å². The average Bonchev–Trinajstić information content (AvgIpc) is 3.19. The topological polar surface area (TPSA) is 18.5 Å². The molecule has 0 bridgehead atoms. The Balaban J connectivity index is 1.03. The summed E-state index contributed by atoms with van der Waals surface area (Å²) < 4.78 is 13.3. The van der Waals surface area contributed by atoms with Crippen LogP contribution in [0.4, 0.5) is 0 Å². The first-order chi connectivity index (χ1) is 28.7. The molecule has 0 N–H and O–H groups in total. The van der Waals surface area contributed by atoms with E-state index in [2.05, 4.69) is 177 Å². The third-order valence-corrected chi connectivity index (χ3v) is 16.8. The van der Waals surface area contributed by atoms with Crippen LogP contribution in [0.5, 0.6) is 23.0 Å². The molecule has 0 unspecified atom stereocenters. The van der Waals surface area contributed by atoms with Gasteiger partial charge in [0.1, 0.15) is 23.0 Å². The first kappa shape index (κ1) is 38.6. The van der Waals surface area contributed by atoms with Crippen molar-refractivity contribution in [1.82, 2.24) is 0 Å². The summed E-state index contributed by atoms with van der Waals surface area (Å²) >= 11 is 7.57. The fraction of sp³-hybridized carbons (Fsp3) is 0.192. The van der Waals surface area contributed by atoms with Gasteiger partial charge in [-0.2, -0.15) is 0 Å². The van der Waals surface area contributed by atoms with Crippen LogP contribution in [0.1, 0.15) is 63.8 Å². The Morgan fingerprint density at radius 1 is 0.350 bits per heavy atom. The maximum atomic E-state index is 6.66. The van der Waals surface area contributed by atoms with Gasteiger partial charge in [-0.3, -0.25) is 0 Å². The molecule has 0 radical (unpaired) electrons. The molecule has 8 heteroatoms. The van der Waals surface area contributed by atoms with Gasteiger partial charge in [-0.15, -0.1) is 0 Å². The molecule has 0 atom stereocenters. The lowest BCUT2D eigenvalue weighted by Crippen LogP contribution is -2.62. The van der Waals surface area contributed by atoms with Crippen LogP contribution in [0.15, 0.2) is 160 Å².